The van der Waals surface area contributed by atoms with Crippen LogP contribution in [0.1, 0.15) is 89.9 Å². The summed E-state index contributed by atoms with van der Waals surface area (Å²) < 4.78 is 32.5. The second-order valence-electron chi connectivity index (χ2n) is 16.7. The van der Waals surface area contributed by atoms with Crippen LogP contribution in [0.2, 0.25) is 0 Å². The molecule has 0 aromatic heterocycles. The molecule has 0 amide bonds. The molecule has 4 heterocycles. The van der Waals surface area contributed by atoms with Gasteiger partial charge in [-0.05, 0) is 120 Å². The standard InChI is InChI=1S/C37H63N2O6/c1-38-14-12-24-19-31(42-4)33-21-27(24)28(38)16-22-6-9-26(10-7-22)44-32-18-23(8-11-30(32)41-3)17-29-35-25(13-15-39(29)2)20-34(43-5)36(40)37(35)45-33/h22-37H,6-21H2,1-5H3/q-1/p+1/t22?,23?,24?,25?,26?,27?,28-,29?,30?,31?,32?,33?,34?,35?,36?,37?/m0/s1. The highest BCUT2D eigenvalue weighted by Crippen LogP contribution is 2.48. The van der Waals surface area contributed by atoms with Crippen LogP contribution in [0.25, 0.3) is 0 Å². The fourth-order valence-corrected chi connectivity index (χ4v) is 12.0. The van der Waals surface area contributed by atoms with Crippen molar-refractivity contribution in [2.75, 3.05) is 48.5 Å². The third-order valence-electron chi connectivity index (χ3n) is 14.5. The zero-order valence-corrected chi connectivity index (χ0v) is 28.9. The van der Waals surface area contributed by atoms with Gasteiger partial charge in [0.05, 0.1) is 56.3 Å². The lowest BCUT2D eigenvalue weighted by Crippen LogP contribution is -3.15. The quantitative estimate of drug-likeness (QED) is 0.513. The Morgan fingerprint density at radius 1 is 0.689 bits per heavy atom. The third kappa shape index (κ3) is 6.67. The molecule has 8 heteroatoms. The van der Waals surface area contributed by atoms with Crippen LogP contribution in [0.4, 0.5) is 0 Å². The molecule has 1 N–H and O–H groups in total. The van der Waals surface area contributed by atoms with E-state index in [2.05, 4.69) is 19.0 Å². The first-order chi connectivity index (χ1) is 21.9. The zero-order chi connectivity index (χ0) is 31.2. The lowest BCUT2D eigenvalue weighted by molar-refractivity contribution is -0.920. The van der Waals surface area contributed by atoms with Gasteiger partial charge in [0.1, 0.15) is 0 Å². The predicted octanol–water partition coefficient (Wildman–Crippen LogP) is 2.71. The maximum absolute atomic E-state index is 14.4. The monoisotopic (exact) mass is 632 g/mol. The van der Waals surface area contributed by atoms with Crippen LogP contribution in [0, 0.1) is 35.5 Å². The van der Waals surface area contributed by atoms with Gasteiger partial charge < -0.3 is 38.6 Å². The summed E-state index contributed by atoms with van der Waals surface area (Å²) in [6.07, 6.45) is 15.4. The predicted molar refractivity (Wildman–Crippen MR) is 171 cm³/mol. The second kappa shape index (κ2) is 14.3. The molecular formula is C37H64N2O6. The Bertz CT molecular complexity index is 963. The summed E-state index contributed by atoms with van der Waals surface area (Å²) >= 11 is 0. The van der Waals surface area contributed by atoms with Gasteiger partial charge in [0, 0.05) is 52.2 Å². The van der Waals surface area contributed by atoms with Crippen LogP contribution in [-0.4, -0.2) is 114 Å². The average molecular weight is 633 g/mol. The maximum Gasteiger partial charge on any atom is 0.0931 e. The minimum absolute atomic E-state index is 0.0182. The second-order valence-corrected chi connectivity index (χ2v) is 16.7. The van der Waals surface area contributed by atoms with Gasteiger partial charge in [-0.15, -0.1) is 0 Å². The smallest absolute Gasteiger partial charge is 0.0931 e. The van der Waals surface area contributed by atoms with E-state index in [1.165, 1.54) is 51.5 Å². The molecule has 0 aromatic carbocycles. The number of hydrogen-bond donors (Lipinski definition) is 1. The van der Waals surface area contributed by atoms with E-state index < -0.39 is 6.10 Å². The van der Waals surface area contributed by atoms with Crippen molar-refractivity contribution < 1.29 is 33.7 Å². The number of quaternary nitrogens is 1. The number of nitrogens with one attached hydrogen (secondary N) is 1. The van der Waals surface area contributed by atoms with E-state index in [1.54, 1.807) is 12.0 Å². The molecule has 4 saturated carbocycles. The summed E-state index contributed by atoms with van der Waals surface area (Å²) in [5, 5.41) is 14.4. The molecule has 6 bridgehead atoms. The number of methoxy groups -OCH3 is 3. The SMILES string of the molecule is COC1CCC2CC1OC1CCC(CC1)C[C@H]1C3CC(OC4C([O-])C(OC)CC5CC[NH+](C)C(C2)C54)C(OC)CC3CCN1C. The minimum Gasteiger partial charge on any atom is -0.848 e. The Labute approximate surface area is 273 Å². The van der Waals surface area contributed by atoms with E-state index in [0.717, 1.165) is 57.4 Å². The third-order valence-corrected chi connectivity index (χ3v) is 14.5. The summed E-state index contributed by atoms with van der Waals surface area (Å²) in [7, 11) is 10.2. The number of hydrogen-bond acceptors (Lipinski definition) is 7. The molecule has 8 fully saturated rings. The van der Waals surface area contributed by atoms with Crippen LogP contribution >= 0.6 is 0 Å². The van der Waals surface area contributed by atoms with Gasteiger partial charge in [-0.1, -0.05) is 6.10 Å². The summed E-state index contributed by atoms with van der Waals surface area (Å²) in [6, 6.07) is 1.01. The highest BCUT2D eigenvalue weighted by Gasteiger charge is 2.53. The molecule has 15 atom stereocenters. The van der Waals surface area contributed by atoms with Crippen LogP contribution in [-0.2, 0) is 23.7 Å². The van der Waals surface area contributed by atoms with Gasteiger partial charge in [-0.2, -0.15) is 0 Å². The molecule has 0 radical (unpaired) electrons. The fourth-order valence-electron chi connectivity index (χ4n) is 12.0. The molecule has 8 rings (SSSR count). The summed E-state index contributed by atoms with van der Waals surface area (Å²) in [6.45, 7) is 2.34. The van der Waals surface area contributed by atoms with Gasteiger partial charge in [-0.3, -0.25) is 0 Å². The van der Waals surface area contributed by atoms with Crippen LogP contribution < -0.4 is 10.0 Å². The van der Waals surface area contributed by atoms with Crippen molar-refractivity contribution in [3.8, 4) is 0 Å². The molecule has 258 valence electrons. The maximum atomic E-state index is 14.4. The Morgan fingerprint density at radius 2 is 1.40 bits per heavy atom. The number of rotatable bonds is 3. The first kappa shape index (κ1) is 33.2. The first-order valence-corrected chi connectivity index (χ1v) is 18.9. The van der Waals surface area contributed by atoms with Crippen LogP contribution in [0.3, 0.4) is 0 Å². The first-order valence-electron chi connectivity index (χ1n) is 18.9. The molecule has 8 nitrogen and oxygen atoms in total. The normalized spacial score (nSPS) is 52.8. The Kier molecular flexibility index (Phi) is 10.5. The molecule has 45 heavy (non-hydrogen) atoms. The Morgan fingerprint density at radius 3 is 2.16 bits per heavy atom. The van der Waals surface area contributed by atoms with E-state index in [9.17, 15) is 5.11 Å². The van der Waals surface area contributed by atoms with Gasteiger partial charge in [0.15, 0.2) is 0 Å². The minimum atomic E-state index is -0.855. The van der Waals surface area contributed by atoms with Crippen molar-refractivity contribution in [1.29, 1.82) is 0 Å². The van der Waals surface area contributed by atoms with Crippen molar-refractivity contribution in [2.24, 2.45) is 35.5 Å². The molecular weight excluding hydrogens is 568 g/mol. The number of fused-ring (bicyclic) bond motifs is 2. The van der Waals surface area contributed by atoms with E-state index in [-0.39, 0.29) is 42.5 Å². The number of likely N-dealkylation sites (tertiary alicyclic amines) is 2. The van der Waals surface area contributed by atoms with Gasteiger partial charge in [-0.25, -0.2) is 0 Å². The van der Waals surface area contributed by atoms with E-state index in [0.29, 0.717) is 41.9 Å². The molecule has 0 spiro atoms. The van der Waals surface area contributed by atoms with Gasteiger partial charge in [0.25, 0.3) is 0 Å². The molecule has 8 aliphatic rings. The molecule has 4 aliphatic heterocycles. The van der Waals surface area contributed by atoms with Crippen molar-refractivity contribution in [3.05, 3.63) is 0 Å². The van der Waals surface area contributed by atoms with E-state index >= 15 is 0 Å². The number of piperidine rings is 2. The molecule has 14 unspecified atom stereocenters. The Hall–Kier alpha value is -0.320. The fraction of sp³-hybridized carbons (Fsp3) is 1.00. The zero-order valence-electron chi connectivity index (χ0n) is 28.9. The lowest BCUT2D eigenvalue weighted by atomic mass is 9.64. The average Bonchev–Trinajstić information content (AvgIpc) is 3.05. The number of nitrogens with zero attached hydrogens (tertiary/aromatic N) is 1. The highest BCUT2D eigenvalue weighted by atomic mass is 16.6. The summed E-state index contributed by atoms with van der Waals surface area (Å²) in [4.78, 5) is 4.26. The molecule has 0 aromatic rings. The van der Waals surface area contributed by atoms with Crippen LogP contribution in [0.5, 0.6) is 0 Å². The van der Waals surface area contributed by atoms with Crippen LogP contribution in [0.15, 0.2) is 0 Å². The molecule has 4 aliphatic carbocycles. The van der Waals surface area contributed by atoms with Crippen molar-refractivity contribution >= 4 is 0 Å². The summed E-state index contributed by atoms with van der Waals surface area (Å²) in [5.41, 5.74) is 0. The lowest BCUT2D eigenvalue weighted by Gasteiger charge is -2.57. The Balaban J connectivity index is 1.23. The largest absolute Gasteiger partial charge is 0.848 e. The van der Waals surface area contributed by atoms with Crippen molar-refractivity contribution in [3.63, 3.8) is 0 Å². The highest BCUT2D eigenvalue weighted by molar-refractivity contribution is 5.02. The van der Waals surface area contributed by atoms with E-state index in [1.807, 2.05) is 14.2 Å². The summed E-state index contributed by atoms with van der Waals surface area (Å²) in [5.74, 6) is 3.39. The number of ether oxygens (including phenoxy) is 5. The van der Waals surface area contributed by atoms with Gasteiger partial charge >= 0.3 is 0 Å². The molecule has 4 saturated heterocycles. The van der Waals surface area contributed by atoms with Crippen molar-refractivity contribution in [2.45, 2.75) is 151 Å². The van der Waals surface area contributed by atoms with Gasteiger partial charge in [0.2, 0.25) is 0 Å². The topological polar surface area (TPSA) is 76.9 Å². The van der Waals surface area contributed by atoms with Crippen molar-refractivity contribution in [1.82, 2.24) is 4.90 Å². The van der Waals surface area contributed by atoms with E-state index in [4.69, 9.17) is 23.7 Å².